The molecule has 0 radical (unpaired) electrons. The normalized spacial score (nSPS) is 11.8. The summed E-state index contributed by atoms with van der Waals surface area (Å²) in [6.45, 7) is 1.85. The fraction of sp³-hybridized carbons (Fsp3) is 0.400. The largest absolute Gasteiger partial charge is 0.280 e. The van der Waals surface area contributed by atoms with E-state index in [2.05, 4.69) is 15.3 Å². The Morgan fingerprint density at radius 2 is 1.94 bits per heavy atom. The zero-order chi connectivity index (χ0) is 13.0. The second kappa shape index (κ2) is 3.55. The van der Waals surface area contributed by atoms with E-state index in [9.17, 15) is 4.79 Å². The van der Waals surface area contributed by atoms with Crippen LogP contribution in [0.4, 0.5) is 0 Å². The highest BCUT2D eigenvalue weighted by molar-refractivity contribution is 6.16. The SMILES string of the molecule is Cc1nn(C)c2c(=O)n(C)c3nnc(CCl)n3c12. The summed E-state index contributed by atoms with van der Waals surface area (Å²) in [7, 11) is 3.40. The molecule has 7 nitrogen and oxygen atoms in total. The smallest absolute Gasteiger partial charge is 0.278 e. The minimum absolute atomic E-state index is 0.144. The number of hydrogen-bond donors (Lipinski definition) is 0. The molecular weight excluding hydrogens is 256 g/mol. The highest BCUT2D eigenvalue weighted by atomic mass is 35.5. The van der Waals surface area contributed by atoms with Crippen LogP contribution >= 0.6 is 11.6 Å². The van der Waals surface area contributed by atoms with Crippen LogP contribution in [0.2, 0.25) is 0 Å². The molecule has 0 saturated heterocycles. The first-order chi connectivity index (χ1) is 8.56. The lowest BCUT2D eigenvalue weighted by Crippen LogP contribution is -2.22. The third kappa shape index (κ3) is 1.19. The van der Waals surface area contributed by atoms with Crippen molar-refractivity contribution in [2.45, 2.75) is 12.8 Å². The minimum atomic E-state index is -0.144. The lowest BCUT2D eigenvalue weighted by molar-refractivity contribution is 0.768. The molecule has 0 amide bonds. The number of rotatable bonds is 1. The van der Waals surface area contributed by atoms with Gasteiger partial charge in [-0.1, -0.05) is 0 Å². The molecule has 94 valence electrons. The molecule has 0 aliphatic heterocycles. The topological polar surface area (TPSA) is 70.0 Å². The van der Waals surface area contributed by atoms with Crippen molar-refractivity contribution in [1.29, 1.82) is 0 Å². The van der Waals surface area contributed by atoms with Gasteiger partial charge in [0.25, 0.3) is 5.56 Å². The van der Waals surface area contributed by atoms with Gasteiger partial charge in [0.1, 0.15) is 5.52 Å². The van der Waals surface area contributed by atoms with Gasteiger partial charge in [-0.15, -0.1) is 21.8 Å². The zero-order valence-electron chi connectivity index (χ0n) is 10.2. The van der Waals surface area contributed by atoms with Gasteiger partial charge >= 0.3 is 0 Å². The molecule has 3 aromatic rings. The van der Waals surface area contributed by atoms with Gasteiger partial charge in [0.2, 0.25) is 5.78 Å². The second-order valence-corrected chi connectivity index (χ2v) is 4.42. The summed E-state index contributed by atoms with van der Waals surface area (Å²) in [5.41, 5.74) is 1.85. The molecule has 18 heavy (non-hydrogen) atoms. The molecule has 0 saturated carbocycles. The Labute approximate surface area is 107 Å². The van der Waals surface area contributed by atoms with Gasteiger partial charge in [-0.05, 0) is 6.92 Å². The van der Waals surface area contributed by atoms with E-state index in [1.54, 1.807) is 23.2 Å². The number of nitrogens with zero attached hydrogens (tertiary/aromatic N) is 6. The Kier molecular flexibility index (Phi) is 2.21. The summed E-state index contributed by atoms with van der Waals surface area (Å²) in [5.74, 6) is 1.30. The summed E-state index contributed by atoms with van der Waals surface area (Å²) in [4.78, 5) is 12.3. The fourth-order valence-corrected chi connectivity index (χ4v) is 2.42. The number of halogens is 1. The molecule has 0 aliphatic carbocycles. The molecular formula is C10H11ClN6O. The third-order valence-corrected chi connectivity index (χ3v) is 3.29. The molecule has 0 fully saturated rings. The highest BCUT2D eigenvalue weighted by Gasteiger charge is 2.19. The van der Waals surface area contributed by atoms with Crippen molar-refractivity contribution in [3.05, 3.63) is 21.9 Å². The van der Waals surface area contributed by atoms with Crippen molar-refractivity contribution < 1.29 is 0 Å². The molecule has 0 spiro atoms. The van der Waals surface area contributed by atoms with Crippen LogP contribution in [-0.4, -0.2) is 28.9 Å². The minimum Gasteiger partial charge on any atom is -0.278 e. The van der Waals surface area contributed by atoms with E-state index < -0.39 is 0 Å². The number of aryl methyl sites for hydroxylation is 3. The zero-order valence-corrected chi connectivity index (χ0v) is 10.9. The standard InChI is InChI=1S/C10H11ClN6O/c1-5-7-8(16(3)14-5)9(18)15(2)10-13-12-6(4-11)17(7)10/h4H2,1-3H3. The number of aromatic nitrogens is 6. The predicted molar refractivity (Wildman–Crippen MR) is 66.8 cm³/mol. The Bertz CT molecular complexity index is 826. The van der Waals surface area contributed by atoms with Crippen LogP contribution in [-0.2, 0) is 20.0 Å². The third-order valence-electron chi connectivity index (χ3n) is 3.05. The summed E-state index contributed by atoms with van der Waals surface area (Å²) in [6, 6.07) is 0. The van der Waals surface area contributed by atoms with Crippen LogP contribution in [0.3, 0.4) is 0 Å². The van der Waals surface area contributed by atoms with Gasteiger partial charge in [0.05, 0.1) is 11.6 Å². The summed E-state index contributed by atoms with van der Waals surface area (Å²) in [5, 5.41) is 12.3. The van der Waals surface area contributed by atoms with E-state index in [1.165, 1.54) is 4.57 Å². The molecule has 8 heteroatoms. The van der Waals surface area contributed by atoms with Crippen molar-refractivity contribution in [1.82, 2.24) is 28.9 Å². The van der Waals surface area contributed by atoms with Crippen molar-refractivity contribution in [2.24, 2.45) is 14.1 Å². The molecule has 0 aliphatic rings. The van der Waals surface area contributed by atoms with E-state index in [4.69, 9.17) is 11.6 Å². The number of alkyl halides is 1. The Hall–Kier alpha value is -1.89. The molecule has 3 heterocycles. The summed E-state index contributed by atoms with van der Waals surface area (Å²) in [6.07, 6.45) is 0. The van der Waals surface area contributed by atoms with Crippen LogP contribution in [0.15, 0.2) is 4.79 Å². The maximum absolute atomic E-state index is 12.3. The van der Waals surface area contributed by atoms with Gasteiger partial charge in [0, 0.05) is 14.1 Å². The maximum Gasteiger partial charge on any atom is 0.280 e. The lowest BCUT2D eigenvalue weighted by Gasteiger charge is -2.04. The average molecular weight is 267 g/mol. The molecule has 0 N–H and O–H groups in total. The van der Waals surface area contributed by atoms with Crippen LogP contribution in [0.1, 0.15) is 11.5 Å². The van der Waals surface area contributed by atoms with E-state index in [0.717, 1.165) is 11.2 Å². The predicted octanol–water partition coefficient (Wildman–Crippen LogP) is 0.362. The number of fused-ring (bicyclic) bond motifs is 3. The van der Waals surface area contributed by atoms with Gasteiger partial charge < -0.3 is 0 Å². The first-order valence-electron chi connectivity index (χ1n) is 5.38. The van der Waals surface area contributed by atoms with Gasteiger partial charge in [-0.25, -0.2) is 0 Å². The van der Waals surface area contributed by atoms with Gasteiger partial charge in [-0.2, -0.15) is 5.10 Å². The number of hydrogen-bond acceptors (Lipinski definition) is 4. The van der Waals surface area contributed by atoms with Crippen molar-refractivity contribution in [3.8, 4) is 0 Å². The fourth-order valence-electron chi connectivity index (χ4n) is 2.24. The monoisotopic (exact) mass is 266 g/mol. The molecule has 3 aromatic heterocycles. The van der Waals surface area contributed by atoms with Gasteiger partial charge in [0.15, 0.2) is 11.3 Å². The Balaban J connectivity index is 2.74. The van der Waals surface area contributed by atoms with Crippen molar-refractivity contribution in [3.63, 3.8) is 0 Å². The average Bonchev–Trinajstić information content (AvgIpc) is 2.87. The van der Waals surface area contributed by atoms with Crippen LogP contribution in [0.5, 0.6) is 0 Å². The van der Waals surface area contributed by atoms with Gasteiger partial charge in [-0.3, -0.25) is 18.4 Å². The molecule has 0 aromatic carbocycles. The quantitative estimate of drug-likeness (QED) is 0.597. The van der Waals surface area contributed by atoms with Crippen LogP contribution in [0, 0.1) is 6.92 Å². The molecule has 0 unspecified atom stereocenters. The first-order valence-corrected chi connectivity index (χ1v) is 5.92. The maximum atomic E-state index is 12.3. The molecule has 0 bridgehead atoms. The Morgan fingerprint density at radius 3 is 2.61 bits per heavy atom. The summed E-state index contributed by atoms with van der Waals surface area (Å²) >= 11 is 5.86. The second-order valence-electron chi connectivity index (χ2n) is 4.16. The highest BCUT2D eigenvalue weighted by Crippen LogP contribution is 2.17. The lowest BCUT2D eigenvalue weighted by atomic mass is 10.3. The molecule has 3 rings (SSSR count). The molecule has 0 atom stereocenters. The van der Waals surface area contributed by atoms with E-state index in [1.807, 2.05) is 6.92 Å². The first kappa shape index (κ1) is 11.2. The van der Waals surface area contributed by atoms with Crippen molar-refractivity contribution in [2.75, 3.05) is 0 Å². The van der Waals surface area contributed by atoms with E-state index in [0.29, 0.717) is 17.1 Å². The van der Waals surface area contributed by atoms with Crippen LogP contribution in [0.25, 0.3) is 16.8 Å². The van der Waals surface area contributed by atoms with Crippen molar-refractivity contribution >= 4 is 28.4 Å². The van der Waals surface area contributed by atoms with E-state index >= 15 is 0 Å². The van der Waals surface area contributed by atoms with Crippen LogP contribution < -0.4 is 5.56 Å². The van der Waals surface area contributed by atoms with E-state index in [-0.39, 0.29) is 11.4 Å². The summed E-state index contributed by atoms with van der Waals surface area (Å²) < 4.78 is 4.81. The Morgan fingerprint density at radius 1 is 1.22 bits per heavy atom.